The third-order valence-corrected chi connectivity index (χ3v) is 9.89. The maximum Gasteiger partial charge on any atom is 0.101 e. The molecule has 0 radical (unpaired) electrons. The van der Waals surface area contributed by atoms with E-state index in [9.17, 15) is 0 Å². The maximum absolute atomic E-state index is 5.37. The molecule has 0 bridgehead atoms. The van der Waals surface area contributed by atoms with Gasteiger partial charge in [0, 0.05) is 39.5 Å². The Hall–Kier alpha value is -6.91. The van der Waals surface area contributed by atoms with Gasteiger partial charge < -0.3 is 0 Å². The first-order chi connectivity index (χ1) is 25.3. The van der Waals surface area contributed by atoms with Crippen molar-refractivity contribution in [2.24, 2.45) is 0 Å². The zero-order valence-corrected chi connectivity index (χ0v) is 27.6. The molecule has 3 heterocycles. The molecule has 0 spiro atoms. The molecule has 0 aliphatic rings. The fourth-order valence-corrected chi connectivity index (χ4v) is 7.47. The number of hydrogen-bond donors (Lipinski definition) is 0. The van der Waals surface area contributed by atoms with Crippen molar-refractivity contribution in [3.63, 3.8) is 0 Å². The molecular formula is C47H30N4. The Balaban J connectivity index is 1.19. The van der Waals surface area contributed by atoms with Gasteiger partial charge >= 0.3 is 0 Å². The van der Waals surface area contributed by atoms with Crippen molar-refractivity contribution in [2.75, 3.05) is 0 Å². The van der Waals surface area contributed by atoms with Crippen LogP contribution in [0.15, 0.2) is 182 Å². The molecule has 0 atom stereocenters. The predicted octanol–water partition coefficient (Wildman–Crippen LogP) is 11.9. The average Bonchev–Trinajstić information content (AvgIpc) is 3.62. The van der Waals surface area contributed by atoms with E-state index >= 15 is 0 Å². The highest BCUT2D eigenvalue weighted by Crippen LogP contribution is 2.43. The molecule has 0 aliphatic heterocycles. The number of para-hydroxylation sites is 1. The molecule has 51 heavy (non-hydrogen) atoms. The van der Waals surface area contributed by atoms with Gasteiger partial charge in [-0.1, -0.05) is 127 Å². The van der Waals surface area contributed by atoms with Crippen molar-refractivity contribution in [2.45, 2.75) is 0 Å². The Bertz CT molecular complexity index is 2880. The second kappa shape index (κ2) is 11.9. The lowest BCUT2D eigenvalue weighted by molar-refractivity contribution is 0.918. The van der Waals surface area contributed by atoms with Gasteiger partial charge in [0.1, 0.15) is 5.69 Å². The summed E-state index contributed by atoms with van der Waals surface area (Å²) in [7, 11) is 0. The van der Waals surface area contributed by atoms with E-state index in [0.717, 1.165) is 77.3 Å². The first kappa shape index (κ1) is 29.0. The van der Waals surface area contributed by atoms with Gasteiger partial charge in [-0.2, -0.15) is 5.10 Å². The minimum Gasteiger partial charge on any atom is -0.254 e. The largest absolute Gasteiger partial charge is 0.254 e. The summed E-state index contributed by atoms with van der Waals surface area (Å²) in [4.78, 5) is 9.36. The molecule has 10 rings (SSSR count). The summed E-state index contributed by atoms with van der Waals surface area (Å²) < 4.78 is 2.13. The van der Waals surface area contributed by atoms with Gasteiger partial charge in [-0.05, 0) is 81.2 Å². The van der Waals surface area contributed by atoms with Crippen molar-refractivity contribution in [1.82, 2.24) is 19.7 Å². The molecular weight excluding hydrogens is 621 g/mol. The van der Waals surface area contributed by atoms with Crippen LogP contribution in [0.5, 0.6) is 0 Å². The summed E-state index contributed by atoms with van der Waals surface area (Å²) in [5, 5.41) is 11.0. The normalized spacial score (nSPS) is 11.5. The molecule has 0 N–H and O–H groups in total. The second-order valence-corrected chi connectivity index (χ2v) is 12.9. The predicted molar refractivity (Wildman–Crippen MR) is 211 cm³/mol. The van der Waals surface area contributed by atoms with Crippen LogP contribution in [0.2, 0.25) is 0 Å². The van der Waals surface area contributed by atoms with Gasteiger partial charge in [-0.3, -0.25) is 9.97 Å². The zero-order valence-electron chi connectivity index (χ0n) is 27.6. The molecule has 0 unspecified atom stereocenters. The summed E-state index contributed by atoms with van der Waals surface area (Å²) in [6.45, 7) is 0. The van der Waals surface area contributed by atoms with Crippen LogP contribution in [0, 0.1) is 0 Å². The molecule has 0 saturated carbocycles. The van der Waals surface area contributed by atoms with Gasteiger partial charge in [0.2, 0.25) is 0 Å². The highest BCUT2D eigenvalue weighted by molar-refractivity contribution is 6.18. The van der Waals surface area contributed by atoms with Gasteiger partial charge in [0.15, 0.2) is 0 Å². The molecule has 4 heteroatoms. The fraction of sp³-hybridized carbons (Fsp3) is 0. The van der Waals surface area contributed by atoms with E-state index in [-0.39, 0.29) is 0 Å². The highest BCUT2D eigenvalue weighted by atomic mass is 15.3. The Morgan fingerprint density at radius 3 is 1.76 bits per heavy atom. The summed E-state index contributed by atoms with van der Waals surface area (Å²) in [6.07, 6.45) is 3.68. The van der Waals surface area contributed by atoms with Crippen LogP contribution in [0.3, 0.4) is 0 Å². The third-order valence-electron chi connectivity index (χ3n) is 9.89. The van der Waals surface area contributed by atoms with Crippen LogP contribution in [0.25, 0.3) is 93.8 Å². The molecule has 7 aromatic carbocycles. The van der Waals surface area contributed by atoms with Gasteiger partial charge in [-0.15, -0.1) is 0 Å². The van der Waals surface area contributed by atoms with E-state index in [1.54, 1.807) is 0 Å². The van der Waals surface area contributed by atoms with Crippen LogP contribution in [0.4, 0.5) is 0 Å². The Labute approximate surface area is 294 Å². The van der Waals surface area contributed by atoms with Crippen molar-refractivity contribution in [3.8, 4) is 50.3 Å². The molecule has 0 amide bonds. The highest BCUT2D eigenvalue weighted by Gasteiger charge is 2.21. The number of hydrogen-bond acceptors (Lipinski definition) is 3. The molecule has 238 valence electrons. The average molecular weight is 651 g/mol. The van der Waals surface area contributed by atoms with Crippen LogP contribution in [-0.2, 0) is 0 Å². The van der Waals surface area contributed by atoms with E-state index < -0.39 is 0 Å². The lowest BCUT2D eigenvalue weighted by atomic mass is 9.91. The standard InChI is InChI=1S/C47H30N4/c1-4-12-32(13-5-1)41-29-36-25-24-35(28-42(36)47-43(41)44(34-14-6-2-7-15-34)50-51(47)38-17-8-3-9-18-38)31-20-22-33(23-21-31)40-30-37-16-10-26-48-45(37)46-39(40)19-11-27-49-46/h1-30H. The Morgan fingerprint density at radius 1 is 0.392 bits per heavy atom. The molecule has 10 aromatic rings. The summed E-state index contributed by atoms with van der Waals surface area (Å²) in [6, 6.07) is 60.2. The first-order valence-electron chi connectivity index (χ1n) is 17.2. The van der Waals surface area contributed by atoms with Crippen molar-refractivity contribution >= 4 is 43.5 Å². The molecule has 0 aliphatic carbocycles. The third kappa shape index (κ3) is 4.88. The van der Waals surface area contributed by atoms with E-state index in [4.69, 9.17) is 10.1 Å². The van der Waals surface area contributed by atoms with Crippen LogP contribution in [0.1, 0.15) is 0 Å². The summed E-state index contributed by atoms with van der Waals surface area (Å²) >= 11 is 0. The van der Waals surface area contributed by atoms with E-state index in [2.05, 4.69) is 167 Å². The van der Waals surface area contributed by atoms with Crippen LogP contribution >= 0.6 is 0 Å². The summed E-state index contributed by atoms with van der Waals surface area (Å²) in [5.74, 6) is 0. The molecule has 0 fully saturated rings. The topological polar surface area (TPSA) is 43.6 Å². The SMILES string of the molecule is c1ccc(-c2cc3ccc(-c4ccc(-c5cc6cccnc6c6ncccc56)cc4)cc3c3c2c(-c2ccccc2)nn3-c2ccccc2)cc1. The molecule has 0 saturated heterocycles. The number of aromatic nitrogens is 4. The smallest absolute Gasteiger partial charge is 0.101 e. The van der Waals surface area contributed by atoms with Gasteiger partial charge in [0.05, 0.1) is 22.2 Å². The lowest BCUT2D eigenvalue weighted by Gasteiger charge is -2.13. The van der Waals surface area contributed by atoms with Crippen LogP contribution in [-0.4, -0.2) is 19.7 Å². The summed E-state index contributed by atoms with van der Waals surface area (Å²) in [5.41, 5.74) is 13.0. The van der Waals surface area contributed by atoms with Crippen molar-refractivity contribution < 1.29 is 0 Å². The van der Waals surface area contributed by atoms with Crippen molar-refractivity contribution in [3.05, 3.63) is 182 Å². The van der Waals surface area contributed by atoms with E-state index in [1.807, 2.05) is 24.5 Å². The van der Waals surface area contributed by atoms with Gasteiger partial charge in [0.25, 0.3) is 0 Å². The number of rotatable bonds is 5. The number of nitrogens with zero attached hydrogens (tertiary/aromatic N) is 4. The zero-order chi connectivity index (χ0) is 33.7. The fourth-order valence-electron chi connectivity index (χ4n) is 7.47. The quantitative estimate of drug-likeness (QED) is 0.174. The Kier molecular flexibility index (Phi) is 6.78. The van der Waals surface area contributed by atoms with Crippen molar-refractivity contribution in [1.29, 1.82) is 0 Å². The molecule has 3 aromatic heterocycles. The van der Waals surface area contributed by atoms with Crippen LogP contribution < -0.4 is 0 Å². The molecule has 4 nitrogen and oxygen atoms in total. The number of benzene rings is 7. The van der Waals surface area contributed by atoms with Gasteiger partial charge in [-0.25, -0.2) is 4.68 Å². The Morgan fingerprint density at radius 2 is 1.00 bits per heavy atom. The number of fused-ring (bicyclic) bond motifs is 6. The first-order valence-corrected chi connectivity index (χ1v) is 17.2. The monoisotopic (exact) mass is 650 g/mol. The minimum absolute atomic E-state index is 0.924. The number of pyridine rings is 2. The van der Waals surface area contributed by atoms with E-state index in [1.165, 1.54) is 16.5 Å². The second-order valence-electron chi connectivity index (χ2n) is 12.9. The maximum atomic E-state index is 5.37. The van der Waals surface area contributed by atoms with E-state index in [0.29, 0.717) is 0 Å². The lowest BCUT2D eigenvalue weighted by Crippen LogP contribution is -1.97. The minimum atomic E-state index is 0.924.